The van der Waals surface area contributed by atoms with Crippen LogP contribution in [0.4, 0.5) is 0 Å². The second kappa shape index (κ2) is 10.6. The van der Waals surface area contributed by atoms with E-state index in [4.69, 9.17) is 4.74 Å². The number of carbonyl (C=O) groups is 1. The van der Waals surface area contributed by atoms with Gasteiger partial charge < -0.3 is 10.1 Å². The summed E-state index contributed by atoms with van der Waals surface area (Å²) in [7, 11) is 3.31. The number of unbranched alkanes of at least 4 members (excludes halogenated alkanes) is 1. The van der Waals surface area contributed by atoms with Gasteiger partial charge in [-0.1, -0.05) is 50.6 Å². The fourth-order valence-electron chi connectivity index (χ4n) is 2.07. The smallest absolute Gasteiger partial charge is 0.314 e. The van der Waals surface area contributed by atoms with Gasteiger partial charge in [0.05, 0.1) is 13.0 Å². The molecule has 0 saturated carbocycles. The molecule has 0 radical (unpaired) electrons. The quantitative estimate of drug-likeness (QED) is 0.514. The summed E-state index contributed by atoms with van der Waals surface area (Å²) < 4.78 is 4.95. The molecule has 0 aliphatic heterocycles. The monoisotopic (exact) mass is 265 g/mol. The summed E-state index contributed by atoms with van der Waals surface area (Å²) in [5, 5.41) is 3.23. The Hall–Kier alpha value is -1.35. The van der Waals surface area contributed by atoms with Crippen molar-refractivity contribution in [1.29, 1.82) is 0 Å². The Kier molecular flexibility index (Phi) is 9.81. The van der Waals surface area contributed by atoms with E-state index >= 15 is 0 Å². The molecule has 2 atom stereocenters. The number of rotatable bonds is 9. The van der Waals surface area contributed by atoms with Crippen molar-refractivity contribution in [2.75, 3.05) is 14.2 Å². The van der Waals surface area contributed by atoms with E-state index in [1.807, 2.05) is 32.2 Å². The van der Waals surface area contributed by atoms with Crippen molar-refractivity contribution < 1.29 is 9.53 Å². The maximum absolute atomic E-state index is 12.1. The number of carbonyl (C=O) groups excluding carboxylic acids is 1. The van der Waals surface area contributed by atoms with Crippen LogP contribution in [0.25, 0.3) is 0 Å². The summed E-state index contributed by atoms with van der Waals surface area (Å²) >= 11 is 0. The molecule has 0 spiro atoms. The maximum Gasteiger partial charge on any atom is 0.314 e. The van der Waals surface area contributed by atoms with Gasteiger partial charge in [0.1, 0.15) is 0 Å². The van der Waals surface area contributed by atoms with E-state index < -0.39 is 0 Å². The molecule has 0 aromatic carbocycles. The first-order valence-electron chi connectivity index (χ1n) is 6.86. The zero-order valence-electron chi connectivity index (χ0n) is 12.6. The highest BCUT2D eigenvalue weighted by Crippen LogP contribution is 2.22. The first-order chi connectivity index (χ1) is 9.15. The molecule has 2 unspecified atom stereocenters. The number of methoxy groups -OCH3 is 1. The minimum Gasteiger partial charge on any atom is -0.469 e. The van der Waals surface area contributed by atoms with Crippen molar-refractivity contribution >= 4 is 5.97 Å². The second-order valence-electron chi connectivity index (χ2n) is 4.43. The Morgan fingerprint density at radius 3 is 2.58 bits per heavy atom. The van der Waals surface area contributed by atoms with Crippen LogP contribution in [0.1, 0.15) is 33.1 Å². The molecule has 0 rings (SSSR count). The van der Waals surface area contributed by atoms with Crippen molar-refractivity contribution in [3.05, 3.63) is 36.5 Å². The van der Waals surface area contributed by atoms with Gasteiger partial charge >= 0.3 is 5.97 Å². The molecule has 3 nitrogen and oxygen atoms in total. The first-order valence-corrected chi connectivity index (χ1v) is 6.86. The fraction of sp³-hybridized carbons (Fsp3) is 0.562. The molecule has 0 aliphatic carbocycles. The third-order valence-electron chi connectivity index (χ3n) is 3.17. The molecule has 0 amide bonds. The predicted molar refractivity (Wildman–Crippen MR) is 81.0 cm³/mol. The van der Waals surface area contributed by atoms with Crippen molar-refractivity contribution in [1.82, 2.24) is 5.32 Å². The van der Waals surface area contributed by atoms with E-state index in [0.717, 1.165) is 24.8 Å². The molecule has 0 aliphatic rings. The maximum atomic E-state index is 12.1. The van der Waals surface area contributed by atoms with E-state index in [0.29, 0.717) is 0 Å². The minimum absolute atomic E-state index is 0.0712. The van der Waals surface area contributed by atoms with Gasteiger partial charge in [-0.3, -0.25) is 4.79 Å². The number of allylic oxidation sites excluding steroid dienone is 4. The van der Waals surface area contributed by atoms with E-state index in [1.54, 1.807) is 6.08 Å². The molecule has 108 valence electrons. The molecule has 1 N–H and O–H groups in total. The van der Waals surface area contributed by atoms with E-state index in [-0.39, 0.29) is 17.9 Å². The Labute approximate surface area is 117 Å². The second-order valence-corrected chi connectivity index (χ2v) is 4.43. The van der Waals surface area contributed by atoms with Crippen LogP contribution < -0.4 is 5.32 Å². The molecule has 0 saturated heterocycles. The summed E-state index contributed by atoms with van der Waals surface area (Å²) in [6.07, 6.45) is 10.6. The van der Waals surface area contributed by atoms with Crippen molar-refractivity contribution in [2.24, 2.45) is 5.92 Å². The molecule has 19 heavy (non-hydrogen) atoms. The Morgan fingerprint density at radius 2 is 2.16 bits per heavy atom. The number of esters is 1. The van der Waals surface area contributed by atoms with Gasteiger partial charge in [-0.2, -0.15) is 0 Å². The zero-order valence-corrected chi connectivity index (χ0v) is 12.6. The molecular formula is C16H27NO2. The SMILES string of the molecule is C=C/C(=C\C=C/C)C(C(=O)OC)C(CCCC)NC. The average molecular weight is 265 g/mol. The number of hydrogen-bond acceptors (Lipinski definition) is 3. The highest BCUT2D eigenvalue weighted by molar-refractivity contribution is 5.77. The Morgan fingerprint density at radius 1 is 1.47 bits per heavy atom. The molecule has 0 bridgehead atoms. The van der Waals surface area contributed by atoms with Gasteiger partial charge in [-0.15, -0.1) is 0 Å². The summed E-state index contributed by atoms with van der Waals surface area (Å²) in [5.74, 6) is -0.527. The summed E-state index contributed by atoms with van der Waals surface area (Å²) in [4.78, 5) is 12.1. The summed E-state index contributed by atoms with van der Waals surface area (Å²) in [6, 6.07) is 0.0712. The highest BCUT2D eigenvalue weighted by Gasteiger charge is 2.29. The van der Waals surface area contributed by atoms with E-state index in [1.165, 1.54) is 7.11 Å². The van der Waals surface area contributed by atoms with Crippen molar-refractivity contribution in [3.8, 4) is 0 Å². The molecule has 0 fully saturated rings. The molecule has 0 aromatic heterocycles. The first kappa shape index (κ1) is 17.6. The number of nitrogens with one attached hydrogen (secondary N) is 1. The van der Waals surface area contributed by atoms with E-state index in [2.05, 4.69) is 18.8 Å². The van der Waals surface area contributed by atoms with Gasteiger partial charge in [-0.25, -0.2) is 0 Å². The van der Waals surface area contributed by atoms with Crippen LogP contribution in [-0.4, -0.2) is 26.2 Å². The van der Waals surface area contributed by atoms with Crippen LogP contribution >= 0.6 is 0 Å². The lowest BCUT2D eigenvalue weighted by atomic mass is 9.87. The molecular weight excluding hydrogens is 238 g/mol. The van der Waals surface area contributed by atoms with Crippen molar-refractivity contribution in [2.45, 2.75) is 39.2 Å². The minimum atomic E-state index is -0.310. The molecule has 3 heteroatoms. The lowest BCUT2D eigenvalue weighted by Crippen LogP contribution is -2.39. The van der Waals surface area contributed by atoms with Gasteiger partial charge in [0, 0.05) is 6.04 Å². The van der Waals surface area contributed by atoms with Crippen LogP contribution in [-0.2, 0) is 9.53 Å². The van der Waals surface area contributed by atoms with Crippen LogP contribution in [0.3, 0.4) is 0 Å². The van der Waals surface area contributed by atoms with Crippen LogP contribution in [0.2, 0.25) is 0 Å². The highest BCUT2D eigenvalue weighted by atomic mass is 16.5. The number of hydrogen-bond donors (Lipinski definition) is 1. The fourth-order valence-corrected chi connectivity index (χ4v) is 2.07. The van der Waals surface area contributed by atoms with Gasteiger partial charge in [0.2, 0.25) is 0 Å². The standard InChI is InChI=1S/C16H27NO2/c1-6-9-11-13(8-3)15(16(18)19-5)14(17-4)12-10-7-2/h6,8-9,11,14-15,17H,3,7,10,12H2,1-2,4-5H3/b9-6-,13-11+. The third-order valence-corrected chi connectivity index (χ3v) is 3.17. The van der Waals surface area contributed by atoms with Crippen LogP contribution in [0.5, 0.6) is 0 Å². The number of ether oxygens (including phenoxy) is 1. The molecule has 0 aromatic rings. The van der Waals surface area contributed by atoms with Gasteiger partial charge in [0.15, 0.2) is 0 Å². The zero-order chi connectivity index (χ0) is 14.7. The largest absolute Gasteiger partial charge is 0.469 e. The topological polar surface area (TPSA) is 38.3 Å². The predicted octanol–water partition coefficient (Wildman–Crippen LogP) is 3.24. The van der Waals surface area contributed by atoms with Crippen LogP contribution in [0.15, 0.2) is 36.5 Å². The lowest BCUT2D eigenvalue weighted by Gasteiger charge is -2.25. The lowest BCUT2D eigenvalue weighted by molar-refractivity contribution is -0.144. The van der Waals surface area contributed by atoms with Gasteiger partial charge in [0.25, 0.3) is 0 Å². The van der Waals surface area contributed by atoms with Crippen molar-refractivity contribution in [3.63, 3.8) is 0 Å². The van der Waals surface area contributed by atoms with E-state index in [9.17, 15) is 4.79 Å². The summed E-state index contributed by atoms with van der Waals surface area (Å²) in [5.41, 5.74) is 0.889. The Bertz CT molecular complexity index is 332. The Balaban J connectivity index is 5.25. The molecule has 0 heterocycles. The van der Waals surface area contributed by atoms with Gasteiger partial charge in [-0.05, 0) is 26.0 Å². The summed E-state index contributed by atoms with van der Waals surface area (Å²) in [6.45, 7) is 7.90. The third kappa shape index (κ3) is 5.88. The normalized spacial score (nSPS) is 15.3. The average Bonchev–Trinajstić information content (AvgIpc) is 2.45. The van der Waals surface area contributed by atoms with Crippen LogP contribution in [0, 0.1) is 5.92 Å².